The molecule has 1 rings (SSSR count). The Hall–Kier alpha value is -1.21. The molecule has 1 aromatic rings. The van der Waals surface area contributed by atoms with Crippen molar-refractivity contribution in [1.82, 2.24) is 15.3 Å². The number of alkyl halides is 3. The molecule has 0 bridgehead atoms. The van der Waals surface area contributed by atoms with Crippen LogP contribution in [0.3, 0.4) is 0 Å². The quantitative estimate of drug-likeness (QED) is 0.783. The van der Waals surface area contributed by atoms with E-state index in [-0.39, 0.29) is 6.61 Å². The van der Waals surface area contributed by atoms with E-state index in [2.05, 4.69) is 20.0 Å². The van der Waals surface area contributed by atoms with Gasteiger partial charge in [-0.3, -0.25) is 0 Å². The Bertz CT molecular complexity index is 412. The number of aromatic nitrogens is 2. The second kappa shape index (κ2) is 7.54. The average Bonchev–Trinajstić information content (AvgIpc) is 2.31. The predicted octanol–water partition coefficient (Wildman–Crippen LogP) is 2.32. The van der Waals surface area contributed by atoms with Crippen molar-refractivity contribution in [3.63, 3.8) is 0 Å². The number of hydrogen-bond acceptors (Lipinski definition) is 4. The normalized spacial score (nSPS) is 11.9. The first kappa shape index (κ1) is 16.8. The van der Waals surface area contributed by atoms with E-state index >= 15 is 0 Å². The topological polar surface area (TPSA) is 47.0 Å². The highest BCUT2D eigenvalue weighted by molar-refractivity contribution is 5.24. The van der Waals surface area contributed by atoms with E-state index < -0.39 is 12.8 Å². The number of aryl methyl sites for hydroxylation is 2. The molecule has 1 aromatic heterocycles. The maximum Gasteiger partial charge on any atom is 0.411 e. The molecular weight excluding hydrogens is 271 g/mol. The molecule has 0 saturated heterocycles. The van der Waals surface area contributed by atoms with Crippen LogP contribution in [-0.4, -0.2) is 36.3 Å². The fourth-order valence-corrected chi connectivity index (χ4v) is 1.94. The minimum absolute atomic E-state index is 0.224. The number of nitrogens with one attached hydrogen (secondary N) is 1. The van der Waals surface area contributed by atoms with Crippen LogP contribution in [0.25, 0.3) is 0 Å². The molecule has 0 aliphatic carbocycles. The van der Waals surface area contributed by atoms with Gasteiger partial charge in [-0.15, -0.1) is 0 Å². The van der Waals surface area contributed by atoms with Crippen LogP contribution in [0, 0.1) is 13.8 Å². The molecule has 0 spiro atoms. The van der Waals surface area contributed by atoms with E-state index in [4.69, 9.17) is 0 Å². The first-order valence-corrected chi connectivity index (χ1v) is 6.45. The first-order chi connectivity index (χ1) is 9.33. The zero-order valence-corrected chi connectivity index (χ0v) is 12.0. The van der Waals surface area contributed by atoms with E-state index in [1.807, 2.05) is 20.9 Å². The molecule has 1 heterocycles. The van der Waals surface area contributed by atoms with Crippen molar-refractivity contribution in [1.29, 1.82) is 0 Å². The molecule has 20 heavy (non-hydrogen) atoms. The third-order valence-corrected chi connectivity index (χ3v) is 2.82. The Labute approximate surface area is 116 Å². The lowest BCUT2D eigenvalue weighted by atomic mass is 10.1. The lowest BCUT2D eigenvalue weighted by Crippen LogP contribution is -2.18. The third-order valence-electron chi connectivity index (χ3n) is 2.82. The van der Waals surface area contributed by atoms with Crippen LogP contribution in [0.4, 0.5) is 13.2 Å². The van der Waals surface area contributed by atoms with Crippen molar-refractivity contribution in [2.75, 3.05) is 20.2 Å². The number of rotatable bonds is 7. The van der Waals surface area contributed by atoms with Crippen molar-refractivity contribution in [2.45, 2.75) is 39.5 Å². The molecule has 114 valence electrons. The van der Waals surface area contributed by atoms with E-state index in [1.165, 1.54) is 0 Å². The zero-order chi connectivity index (χ0) is 15.2. The highest BCUT2D eigenvalue weighted by atomic mass is 19.4. The maximum absolute atomic E-state index is 12.0. The number of halogens is 3. The van der Waals surface area contributed by atoms with Crippen molar-refractivity contribution in [2.24, 2.45) is 0 Å². The predicted molar refractivity (Wildman–Crippen MR) is 69.5 cm³/mol. The summed E-state index contributed by atoms with van der Waals surface area (Å²) in [6.45, 7) is 3.08. The van der Waals surface area contributed by atoms with Crippen LogP contribution in [0.5, 0.6) is 0 Å². The summed E-state index contributed by atoms with van der Waals surface area (Å²) < 4.78 is 40.5. The Kier molecular flexibility index (Phi) is 6.35. The zero-order valence-electron chi connectivity index (χ0n) is 12.0. The monoisotopic (exact) mass is 291 g/mol. The summed E-state index contributed by atoms with van der Waals surface area (Å²) in [5.41, 5.74) is 2.67. The lowest BCUT2D eigenvalue weighted by Gasteiger charge is -2.11. The largest absolute Gasteiger partial charge is 0.411 e. The molecule has 0 atom stereocenters. The van der Waals surface area contributed by atoms with Crippen molar-refractivity contribution >= 4 is 0 Å². The second-order valence-electron chi connectivity index (χ2n) is 4.60. The highest BCUT2D eigenvalue weighted by Crippen LogP contribution is 2.16. The van der Waals surface area contributed by atoms with E-state index in [0.717, 1.165) is 36.3 Å². The van der Waals surface area contributed by atoms with E-state index in [9.17, 15) is 13.2 Å². The minimum atomic E-state index is -4.32. The van der Waals surface area contributed by atoms with E-state index in [0.29, 0.717) is 5.82 Å². The number of ether oxygens (including phenoxy) is 1. The molecule has 0 unspecified atom stereocenters. The van der Waals surface area contributed by atoms with Crippen LogP contribution in [0.15, 0.2) is 0 Å². The fraction of sp³-hybridized carbons (Fsp3) is 0.692. The summed E-state index contributed by atoms with van der Waals surface area (Å²) in [4.78, 5) is 8.42. The Balaban J connectivity index is 2.63. The summed E-state index contributed by atoms with van der Waals surface area (Å²) >= 11 is 0. The van der Waals surface area contributed by atoms with Gasteiger partial charge < -0.3 is 10.1 Å². The van der Waals surface area contributed by atoms with Gasteiger partial charge in [0, 0.05) is 11.4 Å². The Morgan fingerprint density at radius 1 is 1.15 bits per heavy atom. The molecule has 0 aliphatic heterocycles. The number of hydrogen-bond donors (Lipinski definition) is 1. The summed E-state index contributed by atoms with van der Waals surface area (Å²) in [7, 11) is 1.89. The van der Waals surface area contributed by atoms with Crippen LogP contribution in [0.2, 0.25) is 0 Å². The van der Waals surface area contributed by atoms with Crippen molar-refractivity contribution in [3.8, 4) is 0 Å². The molecule has 0 radical (unpaired) electrons. The fourth-order valence-electron chi connectivity index (χ4n) is 1.94. The van der Waals surface area contributed by atoms with Gasteiger partial charge in [0.2, 0.25) is 0 Å². The minimum Gasteiger partial charge on any atom is -0.364 e. The summed E-state index contributed by atoms with van der Waals surface area (Å²) in [6.07, 6.45) is -2.51. The Morgan fingerprint density at radius 3 is 2.25 bits per heavy atom. The maximum atomic E-state index is 12.0. The third kappa shape index (κ3) is 5.83. The van der Waals surface area contributed by atoms with Crippen LogP contribution in [0.1, 0.15) is 29.2 Å². The molecule has 0 saturated carbocycles. The molecule has 0 aliphatic rings. The molecular formula is C13H20F3N3O. The van der Waals surface area contributed by atoms with Gasteiger partial charge >= 0.3 is 6.18 Å². The summed E-state index contributed by atoms with van der Waals surface area (Å²) in [6, 6.07) is 0. The molecule has 4 nitrogen and oxygen atoms in total. The van der Waals surface area contributed by atoms with Gasteiger partial charge in [-0.25, -0.2) is 9.97 Å². The van der Waals surface area contributed by atoms with Gasteiger partial charge in [0.25, 0.3) is 0 Å². The molecule has 0 fully saturated rings. The molecule has 7 heteroatoms. The smallest absolute Gasteiger partial charge is 0.364 e. The summed E-state index contributed by atoms with van der Waals surface area (Å²) in [5, 5.41) is 3.06. The SMILES string of the molecule is CNCCCc1c(C)nc(COCC(F)(F)F)nc1C. The molecule has 0 amide bonds. The summed E-state index contributed by atoms with van der Waals surface area (Å²) in [5.74, 6) is 0.293. The molecule has 0 aromatic carbocycles. The Morgan fingerprint density at radius 2 is 1.75 bits per heavy atom. The second-order valence-corrected chi connectivity index (χ2v) is 4.60. The van der Waals surface area contributed by atoms with Crippen molar-refractivity contribution in [3.05, 3.63) is 22.8 Å². The first-order valence-electron chi connectivity index (χ1n) is 6.45. The average molecular weight is 291 g/mol. The standard InChI is InChI=1S/C13H20F3N3O/c1-9-11(5-4-6-17-3)10(2)19-12(18-9)7-20-8-13(14,15)16/h17H,4-8H2,1-3H3. The number of nitrogens with zero attached hydrogens (tertiary/aromatic N) is 2. The van der Waals surface area contributed by atoms with Crippen molar-refractivity contribution < 1.29 is 17.9 Å². The van der Waals surface area contributed by atoms with E-state index in [1.54, 1.807) is 0 Å². The van der Waals surface area contributed by atoms with Crippen LogP contribution in [-0.2, 0) is 17.8 Å². The van der Waals surface area contributed by atoms with Crippen LogP contribution >= 0.6 is 0 Å². The van der Waals surface area contributed by atoms with Crippen LogP contribution < -0.4 is 5.32 Å². The molecule has 1 N–H and O–H groups in total. The highest BCUT2D eigenvalue weighted by Gasteiger charge is 2.27. The van der Waals surface area contributed by atoms with Gasteiger partial charge in [-0.05, 0) is 45.8 Å². The van der Waals surface area contributed by atoms with Gasteiger partial charge in [0.15, 0.2) is 5.82 Å². The van der Waals surface area contributed by atoms with Gasteiger partial charge in [-0.2, -0.15) is 13.2 Å². The van der Waals surface area contributed by atoms with Gasteiger partial charge in [-0.1, -0.05) is 0 Å². The lowest BCUT2D eigenvalue weighted by molar-refractivity contribution is -0.177. The van der Waals surface area contributed by atoms with Gasteiger partial charge in [0.1, 0.15) is 13.2 Å². The van der Waals surface area contributed by atoms with Gasteiger partial charge in [0.05, 0.1) is 0 Å².